The molecule has 1 aliphatic rings. The van der Waals surface area contributed by atoms with Crippen molar-refractivity contribution >= 4 is 23.0 Å². The number of benzene rings is 3. The lowest BCUT2D eigenvalue weighted by molar-refractivity contribution is -0.0542. The maximum Gasteiger partial charge on any atom is 0.415 e. The van der Waals surface area contributed by atoms with Crippen LogP contribution in [0.1, 0.15) is 33.5 Å². The van der Waals surface area contributed by atoms with Crippen molar-refractivity contribution in [2.45, 2.75) is 18.7 Å². The van der Waals surface area contributed by atoms with E-state index in [-0.39, 0.29) is 18.5 Å². The van der Waals surface area contributed by atoms with E-state index in [4.69, 9.17) is 4.74 Å². The number of ether oxygens (including phenoxy) is 1. The number of aromatic amines is 1. The first-order valence-electron chi connectivity index (χ1n) is 11.3. The monoisotopic (exact) mass is 468 g/mol. The van der Waals surface area contributed by atoms with Crippen LogP contribution in [0.4, 0.5) is 4.79 Å². The van der Waals surface area contributed by atoms with E-state index in [1.54, 1.807) is 48.5 Å². The molecule has 0 saturated carbocycles. The summed E-state index contributed by atoms with van der Waals surface area (Å²) in [5.41, 5.74) is 1.78. The molecule has 0 aliphatic carbocycles. The highest BCUT2D eigenvalue weighted by Crippen LogP contribution is 2.43. The molecule has 2 amide bonds. The molecule has 3 N–H and O–H groups in total. The van der Waals surface area contributed by atoms with E-state index >= 15 is 0 Å². The van der Waals surface area contributed by atoms with Gasteiger partial charge in [0.15, 0.2) is 5.72 Å². The Morgan fingerprint density at radius 1 is 1.14 bits per heavy atom. The average Bonchev–Trinajstić information content (AvgIpc) is 3.37. The number of H-pyrrole nitrogens is 1. The van der Waals surface area contributed by atoms with E-state index in [1.807, 2.05) is 30.3 Å². The Morgan fingerprint density at radius 2 is 1.91 bits per heavy atom. The third-order valence-corrected chi connectivity index (χ3v) is 6.02. The first-order chi connectivity index (χ1) is 17.0. The van der Waals surface area contributed by atoms with E-state index in [0.717, 1.165) is 5.56 Å². The van der Waals surface area contributed by atoms with Crippen LogP contribution < -0.4 is 10.1 Å². The summed E-state index contributed by atoms with van der Waals surface area (Å²) < 4.78 is 5.23. The van der Waals surface area contributed by atoms with Crippen molar-refractivity contribution in [1.29, 1.82) is 0 Å². The first kappa shape index (κ1) is 22.4. The fraction of sp³-hybridized carbons (Fsp3) is 0.148. The second-order valence-corrected chi connectivity index (χ2v) is 8.26. The van der Waals surface area contributed by atoms with Gasteiger partial charge in [-0.05, 0) is 30.2 Å². The first-order valence-corrected chi connectivity index (χ1v) is 11.3. The molecule has 0 fully saturated rings. The van der Waals surface area contributed by atoms with E-state index in [1.165, 1.54) is 4.90 Å². The van der Waals surface area contributed by atoms with Crippen molar-refractivity contribution in [1.82, 2.24) is 20.2 Å². The zero-order chi connectivity index (χ0) is 24.4. The van der Waals surface area contributed by atoms with E-state index in [2.05, 4.69) is 21.9 Å². The summed E-state index contributed by atoms with van der Waals surface area (Å²) in [4.78, 5) is 34.1. The summed E-state index contributed by atoms with van der Waals surface area (Å²) in [7, 11) is 0. The van der Waals surface area contributed by atoms with Gasteiger partial charge in [0.1, 0.15) is 0 Å². The van der Waals surface area contributed by atoms with Crippen molar-refractivity contribution in [3.63, 3.8) is 0 Å². The van der Waals surface area contributed by atoms with E-state index in [9.17, 15) is 14.7 Å². The number of amides is 2. The summed E-state index contributed by atoms with van der Waals surface area (Å²) in [5.74, 6) is -0.253. The number of nitrogens with zero attached hydrogens (tertiary/aromatic N) is 2. The second-order valence-electron chi connectivity index (χ2n) is 8.26. The quantitative estimate of drug-likeness (QED) is 0.280. The number of rotatable bonds is 7. The summed E-state index contributed by atoms with van der Waals surface area (Å²) in [6.45, 7) is 4.24. The molecule has 1 aliphatic heterocycles. The van der Waals surface area contributed by atoms with Crippen LogP contribution in [0.25, 0.3) is 11.0 Å². The zero-order valence-electron chi connectivity index (χ0n) is 18.9. The molecule has 8 nitrogen and oxygen atoms in total. The number of hydrogen-bond acceptors (Lipinski definition) is 5. The van der Waals surface area contributed by atoms with Gasteiger partial charge in [0.2, 0.25) is 0 Å². The predicted molar refractivity (Wildman–Crippen MR) is 131 cm³/mol. The van der Waals surface area contributed by atoms with Crippen molar-refractivity contribution in [3.05, 3.63) is 108 Å². The van der Waals surface area contributed by atoms with Gasteiger partial charge < -0.3 is 20.1 Å². The molecule has 5 rings (SSSR count). The molecule has 0 spiro atoms. The number of carbonyl (C=O) groups is 2. The van der Waals surface area contributed by atoms with Crippen LogP contribution in [0.2, 0.25) is 0 Å². The van der Waals surface area contributed by atoms with Gasteiger partial charge in [0.05, 0.1) is 11.0 Å². The number of carbonyl (C=O) groups excluding carboxylic acids is 2. The second kappa shape index (κ2) is 9.08. The maximum absolute atomic E-state index is 13.4. The van der Waals surface area contributed by atoms with Crippen LogP contribution in [-0.4, -0.2) is 38.5 Å². The molecule has 0 radical (unpaired) electrons. The third-order valence-electron chi connectivity index (χ3n) is 6.02. The molecule has 4 aromatic rings. The number of imidazole rings is 1. The number of aliphatic hydroxyl groups is 1. The Hall–Kier alpha value is -4.43. The van der Waals surface area contributed by atoms with Gasteiger partial charge in [-0.1, -0.05) is 60.7 Å². The smallest absolute Gasteiger partial charge is 0.375 e. The van der Waals surface area contributed by atoms with E-state index < -0.39 is 11.8 Å². The van der Waals surface area contributed by atoms with Crippen LogP contribution in [0.3, 0.4) is 0 Å². The van der Waals surface area contributed by atoms with Gasteiger partial charge in [-0.3, -0.25) is 9.69 Å². The Bertz CT molecular complexity index is 1420. The molecule has 2 heterocycles. The molecule has 1 aromatic heterocycles. The summed E-state index contributed by atoms with van der Waals surface area (Å²) in [5, 5.41) is 14.7. The average molecular weight is 469 g/mol. The van der Waals surface area contributed by atoms with Gasteiger partial charge in [0.25, 0.3) is 5.91 Å². The molecular weight excluding hydrogens is 444 g/mol. The summed E-state index contributed by atoms with van der Waals surface area (Å²) >= 11 is 0. The highest BCUT2D eigenvalue weighted by atomic mass is 16.6. The molecule has 1 unspecified atom stereocenters. The van der Waals surface area contributed by atoms with Crippen LogP contribution >= 0.6 is 0 Å². The lowest BCUT2D eigenvalue weighted by Crippen LogP contribution is -2.44. The lowest BCUT2D eigenvalue weighted by Gasteiger charge is -2.35. The number of nitrogens with one attached hydrogen (secondary N) is 2. The molecule has 0 bridgehead atoms. The maximum atomic E-state index is 13.4. The summed E-state index contributed by atoms with van der Waals surface area (Å²) in [6, 6.07) is 21.8. The van der Waals surface area contributed by atoms with Gasteiger partial charge in [-0.2, -0.15) is 4.98 Å². The standard InChI is InChI=1S/C27H24N4O4/c1-2-3-15-28-26(33)35-25-29-22-14-13-19(16-23(22)30-25)27(34)21-12-8-7-11-20(21)24(32)31(27)17-18-9-5-4-6-10-18/h2,4-14,16,34H,1,3,15,17H2,(H,28,33)(H,29,30). The highest BCUT2D eigenvalue weighted by Gasteiger charge is 2.49. The Kier molecular flexibility index (Phi) is 5.80. The van der Waals surface area contributed by atoms with Gasteiger partial charge in [-0.25, -0.2) is 4.79 Å². The fourth-order valence-electron chi connectivity index (χ4n) is 4.33. The number of aromatic nitrogens is 2. The van der Waals surface area contributed by atoms with Gasteiger partial charge in [-0.15, -0.1) is 6.58 Å². The molecule has 8 heteroatoms. The van der Waals surface area contributed by atoms with Crippen molar-refractivity contribution in [2.24, 2.45) is 0 Å². The SMILES string of the molecule is C=CCCNC(=O)Oc1nc2ccc(C3(O)c4ccccc4C(=O)N3Cc3ccccc3)cc2[nH]1. The van der Waals surface area contributed by atoms with Crippen LogP contribution in [-0.2, 0) is 12.3 Å². The molecule has 176 valence electrons. The highest BCUT2D eigenvalue weighted by molar-refractivity contribution is 6.00. The Balaban J connectivity index is 1.51. The van der Waals surface area contributed by atoms with Crippen LogP contribution in [0, 0.1) is 0 Å². The molecular formula is C27H24N4O4. The zero-order valence-corrected chi connectivity index (χ0v) is 18.9. The van der Waals surface area contributed by atoms with Crippen molar-refractivity contribution in [2.75, 3.05) is 6.54 Å². The number of fused-ring (bicyclic) bond motifs is 2. The minimum atomic E-state index is -1.69. The Labute approximate surface area is 201 Å². The van der Waals surface area contributed by atoms with Crippen molar-refractivity contribution in [3.8, 4) is 6.01 Å². The fourth-order valence-corrected chi connectivity index (χ4v) is 4.33. The number of hydrogen-bond donors (Lipinski definition) is 3. The van der Waals surface area contributed by atoms with Gasteiger partial charge >= 0.3 is 12.1 Å². The third kappa shape index (κ3) is 4.04. The topological polar surface area (TPSA) is 108 Å². The normalized spacial score (nSPS) is 16.8. The predicted octanol–water partition coefficient (Wildman–Crippen LogP) is 4.08. The molecule has 1 atom stereocenters. The van der Waals surface area contributed by atoms with Crippen molar-refractivity contribution < 1.29 is 19.4 Å². The summed E-state index contributed by atoms with van der Waals surface area (Å²) in [6.07, 6.45) is 1.69. The van der Waals surface area contributed by atoms with Gasteiger partial charge in [0, 0.05) is 29.8 Å². The van der Waals surface area contributed by atoms with E-state index in [0.29, 0.717) is 40.7 Å². The molecule has 3 aromatic carbocycles. The van der Waals surface area contributed by atoms with Crippen LogP contribution in [0.5, 0.6) is 6.01 Å². The molecule has 0 saturated heterocycles. The molecule has 35 heavy (non-hydrogen) atoms. The minimum absolute atomic E-state index is 0.0317. The largest absolute Gasteiger partial charge is 0.415 e. The Morgan fingerprint density at radius 3 is 2.71 bits per heavy atom. The van der Waals surface area contributed by atoms with Crippen LogP contribution in [0.15, 0.2) is 85.5 Å². The lowest BCUT2D eigenvalue weighted by atomic mass is 9.93. The minimum Gasteiger partial charge on any atom is -0.375 e.